The number of aryl methyl sites for hydroxylation is 4. The van der Waals surface area contributed by atoms with E-state index in [-0.39, 0.29) is 29.8 Å². The molecule has 144 valence electrons. The van der Waals surface area contributed by atoms with E-state index in [1.54, 1.807) is 19.2 Å². The average Bonchev–Trinajstić information content (AvgIpc) is 2.91. The molecule has 0 saturated heterocycles. The predicted molar refractivity (Wildman–Crippen MR) is 116 cm³/mol. The standard InChI is InChI=1S/C19H28FN5.HI/c1-15-13-16(2)25(24-15)12-6-11-23-19(21-3)22-10-5-8-17-7-4-9-18(20)14-17;/h4,7,9,13-14H,5-6,8,10-12H2,1-3H3,(H2,21,22,23);1H. The molecule has 0 saturated carbocycles. The molecule has 0 aliphatic heterocycles. The van der Waals surface area contributed by atoms with E-state index in [1.165, 1.54) is 11.8 Å². The van der Waals surface area contributed by atoms with E-state index in [9.17, 15) is 4.39 Å². The molecule has 0 unspecified atom stereocenters. The molecular formula is C19H29FIN5. The zero-order valence-electron chi connectivity index (χ0n) is 15.8. The number of halogens is 2. The van der Waals surface area contributed by atoms with Crippen molar-refractivity contribution in [2.75, 3.05) is 20.1 Å². The van der Waals surface area contributed by atoms with Crippen LogP contribution >= 0.6 is 24.0 Å². The molecule has 7 heteroatoms. The SMILES string of the molecule is CN=C(NCCCc1cccc(F)c1)NCCCn1nc(C)cc1C.I. The third-order valence-electron chi connectivity index (χ3n) is 3.99. The van der Waals surface area contributed by atoms with E-state index in [4.69, 9.17) is 0 Å². The second-order valence-corrected chi connectivity index (χ2v) is 6.16. The Balaban J connectivity index is 0.00000338. The lowest BCUT2D eigenvalue weighted by molar-refractivity contribution is 0.555. The van der Waals surface area contributed by atoms with Crippen LogP contribution in [0.5, 0.6) is 0 Å². The molecule has 0 amide bonds. The van der Waals surface area contributed by atoms with Gasteiger partial charge in [0, 0.05) is 32.4 Å². The van der Waals surface area contributed by atoms with Crippen LogP contribution in [0.1, 0.15) is 29.8 Å². The third-order valence-corrected chi connectivity index (χ3v) is 3.99. The summed E-state index contributed by atoms with van der Waals surface area (Å²) in [5, 5.41) is 11.1. The van der Waals surface area contributed by atoms with Crippen molar-refractivity contribution in [2.45, 2.75) is 39.7 Å². The Morgan fingerprint density at radius 2 is 1.88 bits per heavy atom. The summed E-state index contributed by atoms with van der Waals surface area (Å²) in [6.45, 7) is 6.61. The van der Waals surface area contributed by atoms with Gasteiger partial charge in [0.25, 0.3) is 0 Å². The van der Waals surface area contributed by atoms with Crippen molar-refractivity contribution < 1.29 is 4.39 Å². The Morgan fingerprint density at radius 3 is 2.50 bits per heavy atom. The summed E-state index contributed by atoms with van der Waals surface area (Å²) in [4.78, 5) is 4.22. The van der Waals surface area contributed by atoms with Gasteiger partial charge in [0.05, 0.1) is 5.69 Å². The largest absolute Gasteiger partial charge is 0.356 e. The van der Waals surface area contributed by atoms with Crippen LogP contribution in [0.25, 0.3) is 0 Å². The van der Waals surface area contributed by atoms with Gasteiger partial charge in [0.15, 0.2) is 5.96 Å². The lowest BCUT2D eigenvalue weighted by Gasteiger charge is -2.12. The summed E-state index contributed by atoms with van der Waals surface area (Å²) < 4.78 is 15.2. The minimum atomic E-state index is -0.175. The topological polar surface area (TPSA) is 54.2 Å². The molecule has 2 rings (SSSR count). The Labute approximate surface area is 172 Å². The average molecular weight is 473 g/mol. The maximum atomic E-state index is 13.1. The van der Waals surface area contributed by atoms with Crippen LogP contribution in [0.4, 0.5) is 4.39 Å². The maximum Gasteiger partial charge on any atom is 0.190 e. The van der Waals surface area contributed by atoms with Gasteiger partial charge in [0.1, 0.15) is 5.82 Å². The Bertz CT molecular complexity index is 699. The minimum absolute atomic E-state index is 0. The molecule has 1 aromatic carbocycles. The van der Waals surface area contributed by atoms with Crippen molar-refractivity contribution in [3.63, 3.8) is 0 Å². The molecule has 0 radical (unpaired) electrons. The van der Waals surface area contributed by atoms with E-state index in [0.717, 1.165) is 56.1 Å². The van der Waals surface area contributed by atoms with Gasteiger partial charge in [-0.15, -0.1) is 24.0 Å². The summed E-state index contributed by atoms with van der Waals surface area (Å²) in [6, 6.07) is 8.86. The molecule has 2 aromatic rings. The minimum Gasteiger partial charge on any atom is -0.356 e. The van der Waals surface area contributed by atoms with E-state index in [0.29, 0.717) is 0 Å². The number of aliphatic imine (C=N–C) groups is 1. The highest BCUT2D eigenvalue weighted by atomic mass is 127. The van der Waals surface area contributed by atoms with Crippen LogP contribution in [0, 0.1) is 19.7 Å². The van der Waals surface area contributed by atoms with Crippen LogP contribution in [-0.2, 0) is 13.0 Å². The van der Waals surface area contributed by atoms with E-state index in [2.05, 4.69) is 33.7 Å². The first kappa shape index (κ1) is 22.4. The van der Waals surface area contributed by atoms with E-state index >= 15 is 0 Å². The van der Waals surface area contributed by atoms with E-state index < -0.39 is 0 Å². The van der Waals surface area contributed by atoms with Gasteiger partial charge in [-0.25, -0.2) is 4.39 Å². The van der Waals surface area contributed by atoms with Crippen molar-refractivity contribution in [3.05, 3.63) is 53.1 Å². The summed E-state index contributed by atoms with van der Waals surface area (Å²) in [6.07, 6.45) is 2.75. The second kappa shape index (κ2) is 11.9. The molecule has 0 aliphatic rings. The number of guanidine groups is 1. The third kappa shape index (κ3) is 7.72. The number of hydrogen-bond acceptors (Lipinski definition) is 2. The normalized spacial score (nSPS) is 11.2. The fourth-order valence-electron chi connectivity index (χ4n) is 2.75. The molecular weight excluding hydrogens is 444 g/mol. The van der Waals surface area contributed by atoms with Crippen LogP contribution in [-0.4, -0.2) is 35.9 Å². The van der Waals surface area contributed by atoms with Gasteiger partial charge >= 0.3 is 0 Å². The van der Waals surface area contributed by atoms with Crippen LogP contribution in [0.3, 0.4) is 0 Å². The van der Waals surface area contributed by atoms with Gasteiger partial charge in [-0.1, -0.05) is 12.1 Å². The molecule has 0 atom stereocenters. The first-order valence-electron chi connectivity index (χ1n) is 8.78. The molecule has 5 nitrogen and oxygen atoms in total. The second-order valence-electron chi connectivity index (χ2n) is 6.16. The van der Waals surface area contributed by atoms with Crippen LogP contribution in [0.2, 0.25) is 0 Å². The smallest absolute Gasteiger partial charge is 0.190 e. The van der Waals surface area contributed by atoms with Gasteiger partial charge in [0.2, 0.25) is 0 Å². The van der Waals surface area contributed by atoms with Crippen molar-refractivity contribution in [2.24, 2.45) is 4.99 Å². The van der Waals surface area contributed by atoms with Crippen molar-refractivity contribution in [3.8, 4) is 0 Å². The number of aromatic nitrogens is 2. The fraction of sp³-hybridized carbons (Fsp3) is 0.474. The maximum absolute atomic E-state index is 13.1. The zero-order chi connectivity index (χ0) is 18.1. The fourth-order valence-corrected chi connectivity index (χ4v) is 2.75. The molecule has 0 fully saturated rings. The number of nitrogens with zero attached hydrogens (tertiary/aromatic N) is 3. The van der Waals surface area contributed by atoms with Crippen molar-refractivity contribution in [1.82, 2.24) is 20.4 Å². The van der Waals surface area contributed by atoms with Crippen molar-refractivity contribution in [1.29, 1.82) is 0 Å². The first-order chi connectivity index (χ1) is 12.1. The van der Waals surface area contributed by atoms with Gasteiger partial charge in [-0.3, -0.25) is 9.67 Å². The van der Waals surface area contributed by atoms with Gasteiger partial charge in [-0.2, -0.15) is 5.10 Å². The molecule has 0 spiro atoms. The number of benzene rings is 1. The zero-order valence-corrected chi connectivity index (χ0v) is 18.1. The highest BCUT2D eigenvalue weighted by Crippen LogP contribution is 2.05. The molecule has 0 bridgehead atoms. The lowest BCUT2D eigenvalue weighted by Crippen LogP contribution is -2.38. The summed E-state index contributed by atoms with van der Waals surface area (Å²) in [7, 11) is 1.77. The summed E-state index contributed by atoms with van der Waals surface area (Å²) >= 11 is 0. The van der Waals surface area contributed by atoms with E-state index in [1.807, 2.05) is 17.7 Å². The Kier molecular flexibility index (Phi) is 10.2. The first-order valence-corrected chi connectivity index (χ1v) is 8.78. The molecule has 26 heavy (non-hydrogen) atoms. The lowest BCUT2D eigenvalue weighted by atomic mass is 10.1. The number of rotatable bonds is 8. The Morgan fingerprint density at radius 1 is 1.15 bits per heavy atom. The summed E-state index contributed by atoms with van der Waals surface area (Å²) in [5.74, 6) is 0.623. The molecule has 1 heterocycles. The van der Waals surface area contributed by atoms with Crippen LogP contribution in [0.15, 0.2) is 35.3 Å². The van der Waals surface area contributed by atoms with Crippen LogP contribution < -0.4 is 10.6 Å². The van der Waals surface area contributed by atoms with Gasteiger partial charge < -0.3 is 10.6 Å². The number of hydrogen-bond donors (Lipinski definition) is 2. The van der Waals surface area contributed by atoms with Crippen molar-refractivity contribution >= 4 is 29.9 Å². The highest BCUT2D eigenvalue weighted by Gasteiger charge is 2.01. The molecule has 1 aromatic heterocycles. The predicted octanol–water partition coefficient (Wildman–Crippen LogP) is 3.44. The van der Waals surface area contributed by atoms with Gasteiger partial charge in [-0.05, 0) is 56.9 Å². The Hall–Kier alpha value is -1.64. The summed E-state index contributed by atoms with van der Waals surface area (Å²) in [5.41, 5.74) is 3.27. The number of nitrogens with one attached hydrogen (secondary N) is 2. The highest BCUT2D eigenvalue weighted by molar-refractivity contribution is 14.0. The monoisotopic (exact) mass is 473 g/mol. The quantitative estimate of drug-likeness (QED) is 0.267. The molecule has 0 aliphatic carbocycles. The molecule has 2 N–H and O–H groups in total.